The molecular weight excluding hydrogens is 202 g/mol. The van der Waals surface area contributed by atoms with Crippen LogP contribution in [0.15, 0.2) is 12.4 Å². The zero-order valence-electron chi connectivity index (χ0n) is 10.6. The minimum atomic E-state index is 0.541. The molecule has 1 aromatic heterocycles. The van der Waals surface area contributed by atoms with Crippen LogP contribution < -0.4 is 5.32 Å². The fraction of sp³-hybridized carbons (Fsp3) is 0.750. The minimum absolute atomic E-state index is 0.541. The third-order valence-corrected chi connectivity index (χ3v) is 2.49. The minimum Gasteiger partial charge on any atom is -0.384 e. The average molecular weight is 225 g/mol. The van der Waals surface area contributed by atoms with Crippen molar-refractivity contribution in [3.63, 3.8) is 0 Å². The van der Waals surface area contributed by atoms with Crippen LogP contribution in [0.1, 0.15) is 26.1 Å². The van der Waals surface area contributed by atoms with Gasteiger partial charge in [-0.2, -0.15) is 0 Å². The highest BCUT2D eigenvalue weighted by Gasteiger charge is 2.03. The number of aromatic nitrogens is 2. The summed E-state index contributed by atoms with van der Waals surface area (Å²) in [5, 5.41) is 3.41. The van der Waals surface area contributed by atoms with Gasteiger partial charge in [0.1, 0.15) is 5.82 Å². The van der Waals surface area contributed by atoms with E-state index < -0.39 is 0 Å². The maximum absolute atomic E-state index is 5.09. The molecule has 0 aliphatic rings. The predicted molar refractivity (Wildman–Crippen MR) is 65.3 cm³/mol. The van der Waals surface area contributed by atoms with Gasteiger partial charge in [0.2, 0.25) is 0 Å². The fourth-order valence-corrected chi connectivity index (χ4v) is 1.73. The van der Waals surface area contributed by atoms with Crippen LogP contribution in [0.3, 0.4) is 0 Å². The summed E-state index contributed by atoms with van der Waals surface area (Å²) < 4.78 is 7.30. The number of methoxy groups -OCH3 is 1. The number of hydrogen-bond acceptors (Lipinski definition) is 3. The molecule has 0 saturated carbocycles. The zero-order valence-corrected chi connectivity index (χ0v) is 10.6. The van der Waals surface area contributed by atoms with E-state index in [2.05, 4.69) is 28.7 Å². The van der Waals surface area contributed by atoms with E-state index >= 15 is 0 Å². The molecule has 0 saturated heterocycles. The second-order valence-electron chi connectivity index (χ2n) is 4.23. The number of nitrogens with zero attached hydrogens (tertiary/aromatic N) is 2. The van der Waals surface area contributed by atoms with E-state index in [1.807, 2.05) is 12.4 Å². The summed E-state index contributed by atoms with van der Waals surface area (Å²) in [6, 6.07) is 0. The molecule has 0 radical (unpaired) electrons. The highest BCUT2D eigenvalue weighted by molar-refractivity contribution is 4.91. The van der Waals surface area contributed by atoms with Crippen LogP contribution in [-0.4, -0.2) is 29.8 Å². The van der Waals surface area contributed by atoms with E-state index in [1.165, 1.54) is 0 Å². The fourth-order valence-electron chi connectivity index (χ4n) is 1.73. The van der Waals surface area contributed by atoms with Gasteiger partial charge in [-0.15, -0.1) is 0 Å². The van der Waals surface area contributed by atoms with Gasteiger partial charge in [0, 0.05) is 39.2 Å². The lowest BCUT2D eigenvalue weighted by Gasteiger charge is -2.12. The van der Waals surface area contributed by atoms with E-state index in [0.717, 1.165) is 38.5 Å². The topological polar surface area (TPSA) is 39.1 Å². The first-order valence-electron chi connectivity index (χ1n) is 5.97. The molecule has 1 heterocycles. The Labute approximate surface area is 98.0 Å². The van der Waals surface area contributed by atoms with Crippen LogP contribution in [0.2, 0.25) is 0 Å². The lowest BCUT2D eigenvalue weighted by Crippen LogP contribution is -2.25. The van der Waals surface area contributed by atoms with Crippen molar-refractivity contribution in [3.8, 4) is 0 Å². The molecule has 0 fully saturated rings. The normalized spacial score (nSPS) is 12.9. The molecule has 92 valence electrons. The van der Waals surface area contributed by atoms with E-state index in [9.17, 15) is 0 Å². The molecule has 0 bridgehead atoms. The van der Waals surface area contributed by atoms with Crippen LogP contribution in [-0.2, 0) is 17.8 Å². The standard InChI is InChI=1S/C12H23N3O/c1-4-6-15-7-5-14-12(15)9-13-8-11(2)10-16-3/h5,7,11,13H,4,6,8-10H2,1-3H3. The highest BCUT2D eigenvalue weighted by atomic mass is 16.5. The molecule has 0 aromatic carbocycles. The van der Waals surface area contributed by atoms with E-state index in [0.29, 0.717) is 5.92 Å². The van der Waals surface area contributed by atoms with Crippen molar-refractivity contribution in [1.82, 2.24) is 14.9 Å². The van der Waals surface area contributed by atoms with E-state index in [-0.39, 0.29) is 0 Å². The van der Waals surface area contributed by atoms with Gasteiger partial charge in [-0.3, -0.25) is 0 Å². The third kappa shape index (κ3) is 4.33. The second kappa shape index (κ2) is 7.41. The zero-order chi connectivity index (χ0) is 11.8. The molecule has 16 heavy (non-hydrogen) atoms. The molecule has 0 aliphatic heterocycles. The quantitative estimate of drug-likeness (QED) is 0.731. The van der Waals surface area contributed by atoms with Crippen LogP contribution in [0.25, 0.3) is 0 Å². The van der Waals surface area contributed by atoms with E-state index in [4.69, 9.17) is 4.74 Å². The van der Waals surface area contributed by atoms with Crippen molar-refractivity contribution >= 4 is 0 Å². The number of hydrogen-bond donors (Lipinski definition) is 1. The Bertz CT molecular complexity index is 286. The van der Waals surface area contributed by atoms with Gasteiger partial charge in [0.25, 0.3) is 0 Å². The maximum Gasteiger partial charge on any atom is 0.122 e. The molecule has 1 N–H and O–H groups in total. The summed E-state index contributed by atoms with van der Waals surface area (Å²) in [7, 11) is 1.74. The van der Waals surface area contributed by atoms with Gasteiger partial charge >= 0.3 is 0 Å². The largest absolute Gasteiger partial charge is 0.384 e. The second-order valence-corrected chi connectivity index (χ2v) is 4.23. The number of nitrogens with one attached hydrogen (secondary N) is 1. The number of rotatable bonds is 8. The summed E-state index contributed by atoms with van der Waals surface area (Å²) in [6.45, 7) is 8.00. The van der Waals surface area contributed by atoms with Crippen molar-refractivity contribution in [2.24, 2.45) is 5.92 Å². The molecule has 1 rings (SSSR count). The summed E-state index contributed by atoms with van der Waals surface area (Å²) in [5.74, 6) is 1.66. The molecule has 1 aromatic rings. The van der Waals surface area contributed by atoms with Gasteiger partial charge in [-0.1, -0.05) is 13.8 Å². The van der Waals surface area contributed by atoms with Crippen molar-refractivity contribution in [2.75, 3.05) is 20.3 Å². The lowest BCUT2D eigenvalue weighted by atomic mass is 10.2. The molecule has 4 nitrogen and oxygen atoms in total. The maximum atomic E-state index is 5.09. The lowest BCUT2D eigenvalue weighted by molar-refractivity contribution is 0.158. The first-order chi connectivity index (χ1) is 7.77. The van der Waals surface area contributed by atoms with Crippen molar-refractivity contribution in [2.45, 2.75) is 33.4 Å². The van der Waals surface area contributed by atoms with E-state index in [1.54, 1.807) is 7.11 Å². The molecule has 4 heteroatoms. The summed E-state index contributed by atoms with van der Waals surface area (Å²) in [5.41, 5.74) is 0. The first kappa shape index (κ1) is 13.2. The Morgan fingerprint density at radius 3 is 3.06 bits per heavy atom. The Morgan fingerprint density at radius 1 is 1.56 bits per heavy atom. The average Bonchev–Trinajstić information content (AvgIpc) is 2.67. The number of aryl methyl sites for hydroxylation is 1. The van der Waals surface area contributed by atoms with Crippen molar-refractivity contribution < 1.29 is 4.74 Å². The summed E-state index contributed by atoms with van der Waals surface area (Å²) >= 11 is 0. The predicted octanol–water partition coefficient (Wildman–Crippen LogP) is 1.67. The van der Waals surface area contributed by atoms with Crippen LogP contribution in [0.5, 0.6) is 0 Å². The third-order valence-electron chi connectivity index (χ3n) is 2.49. The van der Waals surface area contributed by atoms with Gasteiger partial charge in [0.15, 0.2) is 0 Å². The summed E-state index contributed by atoms with van der Waals surface area (Å²) in [6.07, 6.45) is 5.05. The Morgan fingerprint density at radius 2 is 2.38 bits per heavy atom. The van der Waals surface area contributed by atoms with Crippen LogP contribution >= 0.6 is 0 Å². The number of imidazole rings is 1. The van der Waals surface area contributed by atoms with Gasteiger partial charge in [-0.25, -0.2) is 4.98 Å². The molecule has 1 atom stereocenters. The summed E-state index contributed by atoms with van der Waals surface area (Å²) in [4.78, 5) is 4.35. The SMILES string of the molecule is CCCn1ccnc1CNCC(C)COC. The van der Waals surface area contributed by atoms with Gasteiger partial charge < -0.3 is 14.6 Å². The molecule has 1 unspecified atom stereocenters. The molecule has 0 spiro atoms. The molecule has 0 amide bonds. The molecular formula is C12H23N3O. The monoisotopic (exact) mass is 225 g/mol. The van der Waals surface area contributed by atoms with Crippen molar-refractivity contribution in [3.05, 3.63) is 18.2 Å². The molecule has 0 aliphatic carbocycles. The Kier molecular flexibility index (Phi) is 6.11. The first-order valence-corrected chi connectivity index (χ1v) is 5.97. The number of ether oxygens (including phenoxy) is 1. The van der Waals surface area contributed by atoms with Crippen molar-refractivity contribution in [1.29, 1.82) is 0 Å². The smallest absolute Gasteiger partial charge is 0.122 e. The van der Waals surface area contributed by atoms with Crippen LogP contribution in [0.4, 0.5) is 0 Å². The van der Waals surface area contributed by atoms with Gasteiger partial charge in [0.05, 0.1) is 6.54 Å². The Balaban J connectivity index is 2.28. The Hall–Kier alpha value is -0.870. The van der Waals surface area contributed by atoms with Crippen LogP contribution in [0, 0.1) is 5.92 Å². The highest BCUT2D eigenvalue weighted by Crippen LogP contribution is 2.00. The van der Waals surface area contributed by atoms with Gasteiger partial charge in [-0.05, 0) is 12.3 Å².